The topological polar surface area (TPSA) is 94.2 Å². The third-order valence-electron chi connectivity index (χ3n) is 6.16. The van der Waals surface area contributed by atoms with Gasteiger partial charge in [0, 0.05) is 49.9 Å². The zero-order chi connectivity index (χ0) is 29.1. The molecule has 4 rings (SSSR count). The normalized spacial score (nSPS) is 13.6. The summed E-state index contributed by atoms with van der Waals surface area (Å²) in [6.45, 7) is 13.7. The summed E-state index contributed by atoms with van der Waals surface area (Å²) in [7, 11) is 0. The molecule has 210 valence electrons. The predicted molar refractivity (Wildman–Crippen MR) is 166 cm³/mol. The average molecular weight is 591 g/mol. The predicted octanol–water partition coefficient (Wildman–Crippen LogP) is 7.43. The molecule has 39 heavy (non-hydrogen) atoms. The van der Waals surface area contributed by atoms with Gasteiger partial charge in [-0.3, -0.25) is 4.79 Å². The number of amides is 1. The highest BCUT2D eigenvalue weighted by Gasteiger charge is 2.25. The van der Waals surface area contributed by atoms with E-state index in [0.717, 1.165) is 58.4 Å². The minimum atomic E-state index is -0.116. The number of aromatic nitrogens is 1. The van der Waals surface area contributed by atoms with E-state index in [1.807, 2.05) is 44.1 Å². The smallest absolute Gasteiger partial charge is 0.256 e. The second kappa shape index (κ2) is 15.9. The second-order valence-corrected chi connectivity index (χ2v) is 11.0. The Hall–Kier alpha value is -2.55. The van der Waals surface area contributed by atoms with Gasteiger partial charge in [0.05, 0.1) is 11.7 Å². The van der Waals surface area contributed by atoms with E-state index in [-0.39, 0.29) is 12.0 Å². The van der Waals surface area contributed by atoms with Crippen LogP contribution in [0.5, 0.6) is 0 Å². The minimum Gasteiger partial charge on any atom is -0.393 e. The number of hydrogen-bond acceptors (Lipinski definition) is 5. The lowest BCUT2D eigenvalue weighted by molar-refractivity contribution is -0.110. The van der Waals surface area contributed by atoms with Crippen LogP contribution in [0.15, 0.2) is 41.3 Å². The van der Waals surface area contributed by atoms with Crippen LogP contribution in [0.1, 0.15) is 60.8 Å². The largest absolute Gasteiger partial charge is 0.393 e. The molecule has 1 unspecified atom stereocenters. The highest BCUT2D eigenvalue weighted by atomic mass is 35.5. The number of fused-ring (bicyclic) bond motifs is 1. The zero-order valence-electron chi connectivity index (χ0n) is 23.1. The van der Waals surface area contributed by atoms with Crippen LogP contribution in [0, 0.1) is 13.8 Å². The molecule has 0 saturated carbocycles. The Bertz CT molecular complexity index is 1280. The van der Waals surface area contributed by atoms with Gasteiger partial charge in [-0.05, 0) is 92.9 Å². The Kier molecular flexibility index (Phi) is 13.3. The van der Waals surface area contributed by atoms with Crippen molar-refractivity contribution in [3.05, 3.63) is 80.1 Å². The van der Waals surface area contributed by atoms with Crippen molar-refractivity contribution in [3.63, 3.8) is 0 Å². The first kappa shape index (κ1) is 32.7. The number of aliphatic hydroxyl groups is 1. The van der Waals surface area contributed by atoms with Crippen molar-refractivity contribution in [3.8, 4) is 0 Å². The molecule has 1 aliphatic heterocycles. The summed E-state index contributed by atoms with van der Waals surface area (Å²) in [4.78, 5) is 25.3. The summed E-state index contributed by atoms with van der Waals surface area (Å²) in [5.74, 6) is 0.658. The lowest BCUT2D eigenvalue weighted by Gasteiger charge is -2.06. The van der Waals surface area contributed by atoms with Gasteiger partial charge < -0.3 is 25.5 Å². The number of aryl methyl sites for hydroxylation is 1. The number of H-pyrrole nitrogens is 1. The van der Waals surface area contributed by atoms with Crippen LogP contribution < -0.4 is 10.6 Å². The molecular weight excluding hydrogens is 553 g/mol. The van der Waals surface area contributed by atoms with Crippen LogP contribution in [0.3, 0.4) is 0 Å². The summed E-state index contributed by atoms with van der Waals surface area (Å²) < 4.78 is 0. The van der Waals surface area contributed by atoms with Crippen molar-refractivity contribution in [2.24, 2.45) is 0 Å². The summed E-state index contributed by atoms with van der Waals surface area (Å²) in [6.07, 6.45) is 2.71. The van der Waals surface area contributed by atoms with Crippen molar-refractivity contribution < 1.29 is 14.7 Å². The van der Waals surface area contributed by atoms with E-state index >= 15 is 0 Å². The van der Waals surface area contributed by atoms with Crippen LogP contribution in [-0.4, -0.2) is 35.4 Å². The SMILES string of the molecule is C=O.CCC(C)O.CCNCc1c(C)[nH]c(/C=C2\C(=O)Nc3ccc(SCc4cc(Cl)cc(Cl)c4)cc32)c1C. The van der Waals surface area contributed by atoms with E-state index in [9.17, 15) is 4.79 Å². The Labute approximate surface area is 245 Å². The van der Waals surface area contributed by atoms with Gasteiger partial charge in [-0.2, -0.15) is 0 Å². The van der Waals surface area contributed by atoms with E-state index in [0.29, 0.717) is 15.6 Å². The third kappa shape index (κ3) is 9.26. The van der Waals surface area contributed by atoms with Crippen LogP contribution >= 0.6 is 35.0 Å². The zero-order valence-corrected chi connectivity index (χ0v) is 25.4. The Balaban J connectivity index is 0.000000686. The molecule has 4 N–H and O–H groups in total. The van der Waals surface area contributed by atoms with Crippen molar-refractivity contribution in [1.82, 2.24) is 10.3 Å². The molecule has 1 amide bonds. The number of anilines is 1. The number of thioether (sulfide) groups is 1. The van der Waals surface area contributed by atoms with Gasteiger partial charge in [0.2, 0.25) is 0 Å². The molecule has 0 bridgehead atoms. The Morgan fingerprint density at radius 3 is 2.33 bits per heavy atom. The summed E-state index contributed by atoms with van der Waals surface area (Å²) in [6, 6.07) is 11.6. The van der Waals surface area contributed by atoms with Crippen molar-refractivity contribution in [2.45, 2.75) is 64.3 Å². The molecule has 0 saturated heterocycles. The van der Waals surface area contributed by atoms with Crippen LogP contribution in [-0.2, 0) is 21.9 Å². The number of halogens is 2. The van der Waals surface area contributed by atoms with Crippen molar-refractivity contribution >= 4 is 65.0 Å². The lowest BCUT2D eigenvalue weighted by atomic mass is 10.0. The molecule has 1 aromatic heterocycles. The molecular formula is C30H37Cl2N3O3S. The summed E-state index contributed by atoms with van der Waals surface area (Å²) >= 11 is 13.9. The van der Waals surface area contributed by atoms with Gasteiger partial charge in [-0.15, -0.1) is 11.8 Å². The van der Waals surface area contributed by atoms with E-state index in [1.54, 1.807) is 24.8 Å². The highest BCUT2D eigenvalue weighted by molar-refractivity contribution is 7.98. The number of carbonyl (C=O) groups excluding carboxylic acids is 2. The maximum absolute atomic E-state index is 12.7. The van der Waals surface area contributed by atoms with Crippen molar-refractivity contribution in [2.75, 3.05) is 11.9 Å². The van der Waals surface area contributed by atoms with Gasteiger partial charge in [-0.25, -0.2) is 0 Å². The Morgan fingerprint density at radius 2 is 1.74 bits per heavy atom. The quantitative estimate of drug-likeness (QED) is 0.162. The molecule has 2 aromatic carbocycles. The Morgan fingerprint density at radius 1 is 1.10 bits per heavy atom. The first-order valence-electron chi connectivity index (χ1n) is 12.7. The average Bonchev–Trinajstić information content (AvgIpc) is 3.36. The molecule has 3 aromatic rings. The number of carbonyl (C=O) groups is 2. The van der Waals surface area contributed by atoms with E-state index < -0.39 is 0 Å². The standard InChI is InChI=1S/C25H25Cl2N3OS.C4H10O.CH2O/c1-4-28-12-22-14(2)24(29-15(22)3)11-21-20-10-19(5-6-23(20)30-25(21)31)32-13-16-7-17(26)9-18(27)8-16;1-3-4(2)5;1-2/h5-11,28-29H,4,12-13H2,1-3H3,(H,30,31);4-5H,3H2,1-2H3;1H2/b21-11-;;. The molecule has 9 heteroatoms. The monoisotopic (exact) mass is 589 g/mol. The molecule has 2 heterocycles. The van der Waals surface area contributed by atoms with Crippen molar-refractivity contribution in [1.29, 1.82) is 0 Å². The molecule has 0 fully saturated rings. The number of benzene rings is 2. The summed E-state index contributed by atoms with van der Waals surface area (Å²) in [5.41, 5.74) is 8.01. The number of hydrogen-bond donors (Lipinski definition) is 4. The summed E-state index contributed by atoms with van der Waals surface area (Å²) in [5, 5.41) is 16.0. The molecule has 0 aliphatic carbocycles. The number of aliphatic hydroxyl groups excluding tert-OH is 1. The fraction of sp³-hybridized carbons (Fsp3) is 0.333. The molecule has 0 radical (unpaired) electrons. The van der Waals surface area contributed by atoms with Gasteiger partial charge in [0.1, 0.15) is 6.79 Å². The molecule has 1 aliphatic rings. The second-order valence-electron chi connectivity index (χ2n) is 9.09. The van der Waals surface area contributed by atoms with Gasteiger partial charge in [0.15, 0.2) is 0 Å². The maximum atomic E-state index is 12.7. The fourth-order valence-electron chi connectivity index (χ4n) is 3.88. The lowest BCUT2D eigenvalue weighted by Crippen LogP contribution is -2.12. The van der Waals surface area contributed by atoms with E-state index in [2.05, 4.69) is 42.5 Å². The van der Waals surface area contributed by atoms with Gasteiger partial charge in [0.25, 0.3) is 5.91 Å². The van der Waals surface area contributed by atoms with E-state index in [1.165, 1.54) is 11.1 Å². The first-order chi connectivity index (χ1) is 18.6. The van der Waals surface area contributed by atoms with Gasteiger partial charge >= 0.3 is 0 Å². The number of aromatic amines is 1. The third-order valence-corrected chi connectivity index (χ3v) is 7.67. The first-order valence-corrected chi connectivity index (χ1v) is 14.5. The van der Waals surface area contributed by atoms with Gasteiger partial charge in [-0.1, -0.05) is 37.0 Å². The minimum absolute atomic E-state index is 0.0799. The number of nitrogens with one attached hydrogen (secondary N) is 3. The van der Waals surface area contributed by atoms with Crippen LogP contribution in [0.4, 0.5) is 5.69 Å². The highest BCUT2D eigenvalue weighted by Crippen LogP contribution is 2.37. The van der Waals surface area contributed by atoms with E-state index in [4.69, 9.17) is 33.1 Å². The maximum Gasteiger partial charge on any atom is 0.256 e. The molecule has 6 nitrogen and oxygen atoms in total. The number of rotatable bonds is 8. The molecule has 0 spiro atoms. The van der Waals surface area contributed by atoms with Crippen LogP contribution in [0.25, 0.3) is 11.6 Å². The molecule has 1 atom stereocenters. The van der Waals surface area contributed by atoms with Crippen LogP contribution in [0.2, 0.25) is 10.0 Å². The fourth-order valence-corrected chi connectivity index (χ4v) is 5.32.